The van der Waals surface area contributed by atoms with Crippen molar-refractivity contribution in [1.29, 1.82) is 5.26 Å². The van der Waals surface area contributed by atoms with Gasteiger partial charge in [0.2, 0.25) is 0 Å². The second kappa shape index (κ2) is 6.59. The van der Waals surface area contributed by atoms with Crippen LogP contribution in [-0.2, 0) is 16.0 Å². The summed E-state index contributed by atoms with van der Waals surface area (Å²) in [5, 5.41) is 8.91. The first-order valence-electron chi connectivity index (χ1n) is 5.49. The van der Waals surface area contributed by atoms with Gasteiger partial charge in [0.15, 0.2) is 6.29 Å². The van der Waals surface area contributed by atoms with E-state index in [-0.39, 0.29) is 36.0 Å². The van der Waals surface area contributed by atoms with E-state index in [1.807, 2.05) is 0 Å². The zero-order valence-electron chi connectivity index (χ0n) is 10.2. The van der Waals surface area contributed by atoms with Crippen molar-refractivity contribution in [2.24, 2.45) is 0 Å². The number of alkyl halides is 2. The molecule has 0 saturated carbocycles. The van der Waals surface area contributed by atoms with Crippen molar-refractivity contribution in [3.05, 3.63) is 34.4 Å². The van der Waals surface area contributed by atoms with Crippen LogP contribution in [-0.4, -0.2) is 18.9 Å². The molecular formula is C13H11F2NO3. The third kappa shape index (κ3) is 3.35. The minimum Gasteiger partial charge on any atom is -0.466 e. The maximum Gasteiger partial charge on any atom is 0.310 e. The van der Waals surface area contributed by atoms with E-state index in [0.717, 1.165) is 6.07 Å². The van der Waals surface area contributed by atoms with E-state index in [4.69, 9.17) is 10.00 Å². The highest BCUT2D eigenvalue weighted by Crippen LogP contribution is 2.27. The predicted molar refractivity (Wildman–Crippen MR) is 61.8 cm³/mol. The molecule has 0 N–H and O–H groups in total. The Morgan fingerprint density at radius 2 is 2.21 bits per heavy atom. The van der Waals surface area contributed by atoms with Gasteiger partial charge in [0.25, 0.3) is 6.43 Å². The number of benzene rings is 1. The van der Waals surface area contributed by atoms with E-state index >= 15 is 0 Å². The number of nitriles is 1. The molecule has 0 unspecified atom stereocenters. The maximum atomic E-state index is 12.8. The molecule has 0 radical (unpaired) electrons. The summed E-state index contributed by atoms with van der Waals surface area (Å²) in [6.07, 6.45) is -3.00. The molecule has 0 spiro atoms. The third-order valence-corrected chi connectivity index (χ3v) is 2.49. The molecule has 1 aromatic rings. The maximum absolute atomic E-state index is 12.8. The lowest BCUT2D eigenvalue weighted by Crippen LogP contribution is -2.12. The van der Waals surface area contributed by atoms with Gasteiger partial charge in [-0.15, -0.1) is 0 Å². The molecule has 19 heavy (non-hydrogen) atoms. The lowest BCUT2D eigenvalue weighted by Gasteiger charge is -2.11. The van der Waals surface area contributed by atoms with Crippen molar-refractivity contribution in [3.63, 3.8) is 0 Å². The first kappa shape index (κ1) is 14.8. The summed E-state index contributed by atoms with van der Waals surface area (Å²) in [4.78, 5) is 22.4. The number of carbonyl (C=O) groups is 2. The summed E-state index contributed by atoms with van der Waals surface area (Å²) >= 11 is 0. The quantitative estimate of drug-likeness (QED) is 0.607. The second-order valence-corrected chi connectivity index (χ2v) is 3.61. The van der Waals surface area contributed by atoms with Crippen molar-refractivity contribution in [2.75, 3.05) is 6.61 Å². The molecule has 4 nitrogen and oxygen atoms in total. The molecule has 0 fully saturated rings. The van der Waals surface area contributed by atoms with E-state index in [2.05, 4.69) is 0 Å². The molecule has 100 valence electrons. The molecule has 0 bridgehead atoms. The van der Waals surface area contributed by atoms with Gasteiger partial charge >= 0.3 is 5.97 Å². The molecule has 0 amide bonds. The Kier molecular flexibility index (Phi) is 5.12. The van der Waals surface area contributed by atoms with E-state index in [1.54, 1.807) is 13.0 Å². The van der Waals surface area contributed by atoms with Gasteiger partial charge in [-0.2, -0.15) is 5.26 Å². The van der Waals surface area contributed by atoms with Crippen molar-refractivity contribution >= 4 is 12.3 Å². The summed E-state index contributed by atoms with van der Waals surface area (Å²) < 4.78 is 30.2. The molecular weight excluding hydrogens is 256 g/mol. The van der Waals surface area contributed by atoms with Crippen LogP contribution < -0.4 is 0 Å². The number of nitrogens with zero attached hydrogens (tertiary/aromatic N) is 1. The van der Waals surface area contributed by atoms with Crippen molar-refractivity contribution in [1.82, 2.24) is 0 Å². The van der Waals surface area contributed by atoms with Crippen LogP contribution >= 0.6 is 0 Å². The van der Waals surface area contributed by atoms with E-state index < -0.39 is 18.0 Å². The topological polar surface area (TPSA) is 67.2 Å². The number of rotatable bonds is 5. The van der Waals surface area contributed by atoms with Gasteiger partial charge in [-0.25, -0.2) is 8.78 Å². The van der Waals surface area contributed by atoms with Crippen LogP contribution in [0.4, 0.5) is 8.78 Å². The second-order valence-electron chi connectivity index (χ2n) is 3.61. The molecule has 0 aromatic heterocycles. The first-order valence-corrected chi connectivity index (χ1v) is 5.49. The Labute approximate surface area is 108 Å². The average molecular weight is 267 g/mol. The molecule has 0 atom stereocenters. The van der Waals surface area contributed by atoms with Gasteiger partial charge in [0, 0.05) is 11.1 Å². The Hall–Kier alpha value is -2.29. The van der Waals surface area contributed by atoms with Gasteiger partial charge in [0.05, 0.1) is 24.7 Å². The Balaban J connectivity index is 3.32. The minimum absolute atomic E-state index is 0.0135. The standard InChI is InChI=1S/C13H11F2NO3/c1-2-19-12(18)5-10-8(6-16)3-4-9(13(14)15)11(10)7-17/h3-4,7,13H,2,5H2,1H3. The molecule has 1 rings (SSSR count). The van der Waals surface area contributed by atoms with Crippen LogP contribution in [0, 0.1) is 11.3 Å². The van der Waals surface area contributed by atoms with Crippen LogP contribution in [0.2, 0.25) is 0 Å². The fraction of sp³-hybridized carbons (Fsp3) is 0.308. The summed E-state index contributed by atoms with van der Waals surface area (Å²) in [5.41, 5.74) is -0.816. The number of carbonyl (C=O) groups excluding carboxylic acids is 2. The lowest BCUT2D eigenvalue weighted by molar-refractivity contribution is -0.142. The Morgan fingerprint density at radius 3 is 2.68 bits per heavy atom. The highest BCUT2D eigenvalue weighted by molar-refractivity contribution is 5.85. The SMILES string of the molecule is CCOC(=O)Cc1c(C#N)ccc(C(F)F)c1C=O. The molecule has 0 aliphatic carbocycles. The van der Waals surface area contributed by atoms with Gasteiger partial charge in [-0.1, -0.05) is 6.07 Å². The number of ether oxygens (including phenoxy) is 1. The Bertz CT molecular complexity index is 535. The van der Waals surface area contributed by atoms with Crippen molar-refractivity contribution in [2.45, 2.75) is 19.8 Å². The smallest absolute Gasteiger partial charge is 0.310 e. The Morgan fingerprint density at radius 1 is 1.53 bits per heavy atom. The van der Waals surface area contributed by atoms with Gasteiger partial charge in [-0.05, 0) is 18.6 Å². The third-order valence-electron chi connectivity index (χ3n) is 2.49. The molecule has 0 aliphatic rings. The highest BCUT2D eigenvalue weighted by atomic mass is 19.3. The predicted octanol–water partition coefficient (Wildman–Crippen LogP) is 2.41. The van der Waals surface area contributed by atoms with Gasteiger partial charge < -0.3 is 4.74 Å². The average Bonchev–Trinajstić information content (AvgIpc) is 2.38. The van der Waals surface area contributed by atoms with Crippen LogP contribution in [0.1, 0.15) is 40.4 Å². The molecule has 0 heterocycles. The summed E-state index contributed by atoms with van der Waals surface area (Å²) in [6.45, 7) is 1.73. The van der Waals surface area contributed by atoms with Crippen LogP contribution in [0.3, 0.4) is 0 Å². The van der Waals surface area contributed by atoms with E-state index in [0.29, 0.717) is 0 Å². The van der Waals surface area contributed by atoms with Gasteiger partial charge in [-0.3, -0.25) is 9.59 Å². The number of hydrogen-bond donors (Lipinski definition) is 0. The summed E-state index contributed by atoms with van der Waals surface area (Å²) in [5.74, 6) is -0.673. The number of aldehydes is 1. The monoisotopic (exact) mass is 267 g/mol. The fourth-order valence-electron chi connectivity index (χ4n) is 1.66. The summed E-state index contributed by atoms with van der Waals surface area (Å²) in [7, 11) is 0. The summed E-state index contributed by atoms with van der Waals surface area (Å²) in [6, 6.07) is 3.96. The normalized spacial score (nSPS) is 10.1. The van der Waals surface area contributed by atoms with Crippen LogP contribution in [0.25, 0.3) is 0 Å². The largest absolute Gasteiger partial charge is 0.466 e. The van der Waals surface area contributed by atoms with E-state index in [9.17, 15) is 18.4 Å². The van der Waals surface area contributed by atoms with Gasteiger partial charge in [0.1, 0.15) is 0 Å². The fourth-order valence-corrected chi connectivity index (χ4v) is 1.66. The van der Waals surface area contributed by atoms with Crippen LogP contribution in [0.15, 0.2) is 12.1 Å². The zero-order valence-corrected chi connectivity index (χ0v) is 10.2. The molecule has 0 aliphatic heterocycles. The number of halogens is 2. The van der Waals surface area contributed by atoms with Crippen molar-refractivity contribution < 1.29 is 23.1 Å². The van der Waals surface area contributed by atoms with E-state index in [1.165, 1.54) is 6.07 Å². The van der Waals surface area contributed by atoms with Crippen LogP contribution in [0.5, 0.6) is 0 Å². The zero-order chi connectivity index (χ0) is 14.4. The first-order chi connectivity index (χ1) is 9.04. The molecule has 1 aromatic carbocycles. The number of hydrogen-bond acceptors (Lipinski definition) is 4. The number of esters is 1. The highest BCUT2D eigenvalue weighted by Gasteiger charge is 2.20. The lowest BCUT2D eigenvalue weighted by atomic mass is 9.95. The molecule has 6 heteroatoms. The van der Waals surface area contributed by atoms with Crippen molar-refractivity contribution in [3.8, 4) is 6.07 Å². The molecule has 0 saturated heterocycles. The minimum atomic E-state index is -2.85.